The molecule has 1 aromatic heterocycles. The summed E-state index contributed by atoms with van der Waals surface area (Å²) in [6.07, 6.45) is 2.68. The van der Waals surface area contributed by atoms with E-state index < -0.39 is 0 Å². The Kier molecular flexibility index (Phi) is 4.87. The maximum Gasteiger partial charge on any atom is 0.253 e. The van der Waals surface area contributed by atoms with Crippen molar-refractivity contribution in [2.45, 2.75) is 19.9 Å². The summed E-state index contributed by atoms with van der Waals surface area (Å²) in [5, 5.41) is 0. The minimum Gasteiger partial charge on any atom is -0.381 e. The molecular formula is C14H21N3O2. The zero-order valence-corrected chi connectivity index (χ0v) is 11.3. The Morgan fingerprint density at radius 1 is 1.63 bits per heavy atom. The molecule has 2 rings (SSSR count). The van der Waals surface area contributed by atoms with Crippen molar-refractivity contribution < 1.29 is 9.53 Å². The number of hydrogen-bond acceptors (Lipinski definition) is 4. The fourth-order valence-corrected chi connectivity index (χ4v) is 2.30. The normalized spacial score (nSPS) is 18.5. The standard InChI is InChI=1S/C14H21N3O2/c1-2-17(9-11-4-6-19-10-11)14(18)12-3-5-16-13(7-12)8-15/h3,5,7,11H,2,4,6,8-10,15H2,1H3. The van der Waals surface area contributed by atoms with E-state index in [0.717, 1.165) is 31.9 Å². The first-order chi connectivity index (χ1) is 9.24. The Morgan fingerprint density at radius 3 is 3.11 bits per heavy atom. The average Bonchev–Trinajstić information content (AvgIpc) is 2.97. The first-order valence-electron chi connectivity index (χ1n) is 6.76. The van der Waals surface area contributed by atoms with Crippen LogP contribution < -0.4 is 5.73 Å². The van der Waals surface area contributed by atoms with Gasteiger partial charge in [0, 0.05) is 43.9 Å². The minimum absolute atomic E-state index is 0.0477. The molecule has 1 fully saturated rings. The first kappa shape index (κ1) is 14.0. The van der Waals surface area contributed by atoms with Crippen molar-refractivity contribution in [3.8, 4) is 0 Å². The molecule has 0 saturated carbocycles. The van der Waals surface area contributed by atoms with Gasteiger partial charge >= 0.3 is 0 Å². The molecule has 2 heterocycles. The van der Waals surface area contributed by atoms with Crippen LogP contribution in [0.5, 0.6) is 0 Å². The second kappa shape index (κ2) is 6.63. The fourth-order valence-electron chi connectivity index (χ4n) is 2.30. The quantitative estimate of drug-likeness (QED) is 0.862. The molecule has 1 aliphatic heterocycles. The zero-order valence-electron chi connectivity index (χ0n) is 11.3. The number of pyridine rings is 1. The fraction of sp³-hybridized carbons (Fsp3) is 0.571. The molecule has 0 radical (unpaired) electrons. The molecule has 5 heteroatoms. The summed E-state index contributed by atoms with van der Waals surface area (Å²) < 4.78 is 5.36. The molecule has 0 bridgehead atoms. The second-order valence-corrected chi connectivity index (χ2v) is 4.81. The average molecular weight is 263 g/mol. The molecule has 0 aromatic carbocycles. The zero-order chi connectivity index (χ0) is 13.7. The van der Waals surface area contributed by atoms with Crippen LogP contribution >= 0.6 is 0 Å². The second-order valence-electron chi connectivity index (χ2n) is 4.81. The van der Waals surface area contributed by atoms with Crippen molar-refractivity contribution in [2.75, 3.05) is 26.3 Å². The Bertz CT molecular complexity index is 430. The number of carbonyl (C=O) groups excluding carboxylic acids is 1. The number of carbonyl (C=O) groups is 1. The molecule has 19 heavy (non-hydrogen) atoms. The summed E-state index contributed by atoms with van der Waals surface area (Å²) in [7, 11) is 0. The number of amides is 1. The van der Waals surface area contributed by atoms with Gasteiger partial charge in [-0.05, 0) is 25.5 Å². The Labute approximate surface area is 113 Å². The molecule has 5 nitrogen and oxygen atoms in total. The van der Waals surface area contributed by atoms with Gasteiger partial charge in [0.1, 0.15) is 0 Å². The monoisotopic (exact) mass is 263 g/mol. The molecule has 1 saturated heterocycles. The van der Waals surface area contributed by atoms with Crippen molar-refractivity contribution in [3.63, 3.8) is 0 Å². The summed E-state index contributed by atoms with van der Waals surface area (Å²) in [6.45, 7) is 5.38. The number of nitrogens with two attached hydrogens (primary N) is 1. The summed E-state index contributed by atoms with van der Waals surface area (Å²) in [5.41, 5.74) is 6.96. The number of rotatable bonds is 5. The largest absolute Gasteiger partial charge is 0.381 e. The Balaban J connectivity index is 2.06. The lowest BCUT2D eigenvalue weighted by Gasteiger charge is -2.23. The van der Waals surface area contributed by atoms with E-state index in [1.54, 1.807) is 18.3 Å². The highest BCUT2D eigenvalue weighted by atomic mass is 16.5. The van der Waals surface area contributed by atoms with Crippen LogP contribution in [-0.4, -0.2) is 42.1 Å². The van der Waals surface area contributed by atoms with E-state index in [4.69, 9.17) is 10.5 Å². The highest BCUT2D eigenvalue weighted by Gasteiger charge is 2.22. The van der Waals surface area contributed by atoms with Crippen LogP contribution in [0.1, 0.15) is 29.4 Å². The Morgan fingerprint density at radius 2 is 2.47 bits per heavy atom. The third-order valence-electron chi connectivity index (χ3n) is 3.44. The van der Waals surface area contributed by atoms with E-state index in [9.17, 15) is 4.79 Å². The van der Waals surface area contributed by atoms with E-state index in [1.807, 2.05) is 11.8 Å². The topological polar surface area (TPSA) is 68.5 Å². The van der Waals surface area contributed by atoms with Gasteiger partial charge < -0.3 is 15.4 Å². The van der Waals surface area contributed by atoms with Crippen LogP contribution in [0.25, 0.3) is 0 Å². The van der Waals surface area contributed by atoms with Gasteiger partial charge in [0.2, 0.25) is 0 Å². The van der Waals surface area contributed by atoms with Crippen molar-refractivity contribution in [2.24, 2.45) is 11.7 Å². The van der Waals surface area contributed by atoms with Gasteiger partial charge in [-0.3, -0.25) is 9.78 Å². The SMILES string of the molecule is CCN(CC1CCOC1)C(=O)c1ccnc(CN)c1. The third-order valence-corrected chi connectivity index (χ3v) is 3.44. The number of nitrogens with zero attached hydrogens (tertiary/aromatic N) is 2. The van der Waals surface area contributed by atoms with Crippen LogP contribution in [0, 0.1) is 5.92 Å². The number of aromatic nitrogens is 1. The summed E-state index contributed by atoms with van der Waals surface area (Å²) in [6, 6.07) is 3.52. The summed E-state index contributed by atoms with van der Waals surface area (Å²) >= 11 is 0. The molecule has 0 spiro atoms. The van der Waals surface area contributed by atoms with E-state index in [2.05, 4.69) is 4.98 Å². The van der Waals surface area contributed by atoms with E-state index in [1.165, 1.54) is 0 Å². The van der Waals surface area contributed by atoms with Gasteiger partial charge in [0.25, 0.3) is 5.91 Å². The molecule has 104 valence electrons. The molecule has 1 aliphatic rings. The molecular weight excluding hydrogens is 242 g/mol. The lowest BCUT2D eigenvalue weighted by Crippen LogP contribution is -2.35. The van der Waals surface area contributed by atoms with Gasteiger partial charge in [-0.1, -0.05) is 0 Å². The van der Waals surface area contributed by atoms with Crippen LogP contribution in [0.4, 0.5) is 0 Å². The van der Waals surface area contributed by atoms with Crippen LogP contribution in [0.2, 0.25) is 0 Å². The van der Waals surface area contributed by atoms with Crippen molar-refractivity contribution in [1.29, 1.82) is 0 Å². The molecule has 0 aliphatic carbocycles. The molecule has 1 amide bonds. The summed E-state index contributed by atoms with van der Waals surface area (Å²) in [4.78, 5) is 18.4. The van der Waals surface area contributed by atoms with E-state index >= 15 is 0 Å². The van der Waals surface area contributed by atoms with Crippen molar-refractivity contribution in [3.05, 3.63) is 29.6 Å². The lowest BCUT2D eigenvalue weighted by molar-refractivity contribution is 0.0730. The van der Waals surface area contributed by atoms with Crippen molar-refractivity contribution in [1.82, 2.24) is 9.88 Å². The Hall–Kier alpha value is -1.46. The third kappa shape index (κ3) is 3.52. The smallest absolute Gasteiger partial charge is 0.253 e. The molecule has 1 atom stereocenters. The molecule has 2 N–H and O–H groups in total. The van der Waals surface area contributed by atoms with Gasteiger partial charge in [-0.2, -0.15) is 0 Å². The maximum absolute atomic E-state index is 12.4. The van der Waals surface area contributed by atoms with Crippen molar-refractivity contribution >= 4 is 5.91 Å². The number of ether oxygens (including phenoxy) is 1. The van der Waals surface area contributed by atoms with Gasteiger partial charge in [-0.25, -0.2) is 0 Å². The highest BCUT2D eigenvalue weighted by molar-refractivity contribution is 5.94. The predicted molar refractivity (Wildman–Crippen MR) is 72.6 cm³/mol. The number of hydrogen-bond donors (Lipinski definition) is 1. The summed E-state index contributed by atoms with van der Waals surface area (Å²) in [5.74, 6) is 0.506. The van der Waals surface area contributed by atoms with Crippen LogP contribution in [-0.2, 0) is 11.3 Å². The molecule has 1 aromatic rings. The van der Waals surface area contributed by atoms with Gasteiger partial charge in [0.15, 0.2) is 0 Å². The van der Waals surface area contributed by atoms with E-state index in [-0.39, 0.29) is 5.91 Å². The minimum atomic E-state index is 0.0477. The van der Waals surface area contributed by atoms with E-state index in [0.29, 0.717) is 24.6 Å². The van der Waals surface area contributed by atoms with Gasteiger partial charge in [0.05, 0.1) is 12.3 Å². The highest BCUT2D eigenvalue weighted by Crippen LogP contribution is 2.15. The molecule has 1 unspecified atom stereocenters. The predicted octanol–water partition coefficient (Wildman–Crippen LogP) is 1.04. The maximum atomic E-state index is 12.4. The van der Waals surface area contributed by atoms with Gasteiger partial charge in [-0.15, -0.1) is 0 Å². The van der Waals surface area contributed by atoms with Crippen LogP contribution in [0.15, 0.2) is 18.3 Å². The van der Waals surface area contributed by atoms with Crippen LogP contribution in [0.3, 0.4) is 0 Å². The lowest BCUT2D eigenvalue weighted by atomic mass is 10.1. The first-order valence-corrected chi connectivity index (χ1v) is 6.76.